The highest BCUT2D eigenvalue weighted by Crippen LogP contribution is 2.59. The molecule has 1 aromatic rings. The molecule has 0 aliphatic heterocycles. The average Bonchev–Trinajstić information content (AvgIpc) is 2.46. The van der Waals surface area contributed by atoms with Crippen LogP contribution in [0.2, 0.25) is 0 Å². The van der Waals surface area contributed by atoms with Gasteiger partial charge in [0.1, 0.15) is 0 Å². The fourth-order valence-electron chi connectivity index (χ4n) is 3.57. The molecular formula is C17H21N3S. The number of fused-ring (bicyclic) bond motifs is 2. The van der Waals surface area contributed by atoms with E-state index in [-0.39, 0.29) is 5.11 Å². The predicted molar refractivity (Wildman–Crippen MR) is 91.8 cm³/mol. The molecule has 4 rings (SSSR count). The smallest absolute Gasteiger partial charge is 0.184 e. The number of hydrazone groups is 1. The van der Waals surface area contributed by atoms with Crippen molar-refractivity contribution in [1.82, 2.24) is 5.43 Å². The van der Waals surface area contributed by atoms with Crippen LogP contribution >= 0.6 is 12.2 Å². The van der Waals surface area contributed by atoms with Gasteiger partial charge in [0, 0.05) is 5.92 Å². The lowest BCUT2D eigenvalue weighted by Gasteiger charge is -2.57. The lowest BCUT2D eigenvalue weighted by molar-refractivity contribution is 0.0141. The van der Waals surface area contributed by atoms with E-state index in [2.05, 4.69) is 54.7 Å². The second-order valence-corrected chi connectivity index (χ2v) is 7.00. The lowest BCUT2D eigenvalue weighted by Crippen LogP contribution is -2.54. The maximum atomic E-state index is 5.53. The quantitative estimate of drug-likeness (QED) is 0.650. The fourth-order valence-corrected chi connectivity index (χ4v) is 3.61. The van der Waals surface area contributed by atoms with Crippen molar-refractivity contribution in [2.24, 2.45) is 28.1 Å². The number of rotatable bonds is 2. The molecule has 1 aromatic carbocycles. The SMILES string of the molecule is CC1(C)C2CC(=Cc3ccccc3)C(=NNC(N)=S)C1C2. The molecule has 0 amide bonds. The third-order valence-electron chi connectivity index (χ3n) is 5.02. The van der Waals surface area contributed by atoms with E-state index in [0.29, 0.717) is 11.3 Å². The van der Waals surface area contributed by atoms with Crippen LogP contribution in [0.4, 0.5) is 0 Å². The van der Waals surface area contributed by atoms with Crippen LogP contribution in [0.3, 0.4) is 0 Å². The first-order valence-corrected chi connectivity index (χ1v) is 7.78. The van der Waals surface area contributed by atoms with Crippen molar-refractivity contribution in [3.05, 3.63) is 41.5 Å². The van der Waals surface area contributed by atoms with Crippen LogP contribution < -0.4 is 11.2 Å². The van der Waals surface area contributed by atoms with E-state index in [4.69, 9.17) is 18.0 Å². The Kier molecular flexibility index (Phi) is 3.57. The average molecular weight is 299 g/mol. The molecule has 3 aliphatic carbocycles. The number of allylic oxidation sites excluding steroid dienone is 1. The summed E-state index contributed by atoms with van der Waals surface area (Å²) >= 11 is 4.88. The van der Waals surface area contributed by atoms with Crippen LogP contribution in [0, 0.1) is 17.3 Å². The number of nitrogens with one attached hydrogen (secondary N) is 1. The molecular weight excluding hydrogens is 278 g/mol. The molecule has 0 saturated heterocycles. The third kappa shape index (κ3) is 2.60. The van der Waals surface area contributed by atoms with Crippen molar-refractivity contribution >= 4 is 29.1 Å². The van der Waals surface area contributed by atoms with Crippen LogP contribution in [-0.4, -0.2) is 10.8 Å². The standard InChI is InChI=1S/C17H21N3S/c1-17(2)13-9-12(8-11-6-4-3-5-7-11)15(14(17)10-13)19-20-16(18)21/h3-8,13-14H,9-10H2,1-2H3,(H3,18,20,21). The van der Waals surface area contributed by atoms with Crippen LogP contribution in [0.5, 0.6) is 0 Å². The minimum Gasteiger partial charge on any atom is -0.375 e. The van der Waals surface area contributed by atoms with Crippen LogP contribution in [0.1, 0.15) is 32.3 Å². The van der Waals surface area contributed by atoms with Crippen molar-refractivity contribution < 1.29 is 0 Å². The van der Waals surface area contributed by atoms with E-state index < -0.39 is 0 Å². The molecule has 0 spiro atoms. The largest absolute Gasteiger partial charge is 0.375 e. The number of nitrogens with zero attached hydrogens (tertiary/aromatic N) is 1. The number of hydrogen-bond donors (Lipinski definition) is 2. The van der Waals surface area contributed by atoms with Gasteiger partial charge in [0.25, 0.3) is 0 Å². The summed E-state index contributed by atoms with van der Waals surface area (Å²) in [7, 11) is 0. The Balaban J connectivity index is 1.94. The van der Waals surface area contributed by atoms with Gasteiger partial charge in [-0.05, 0) is 53.6 Å². The number of benzene rings is 1. The molecule has 3 fully saturated rings. The molecule has 3 aliphatic rings. The van der Waals surface area contributed by atoms with Crippen LogP contribution in [-0.2, 0) is 0 Å². The molecule has 3 nitrogen and oxygen atoms in total. The zero-order valence-electron chi connectivity index (χ0n) is 12.5. The summed E-state index contributed by atoms with van der Waals surface area (Å²) in [5, 5.41) is 4.73. The molecule has 110 valence electrons. The van der Waals surface area contributed by atoms with E-state index in [1.165, 1.54) is 17.6 Å². The topological polar surface area (TPSA) is 50.4 Å². The lowest BCUT2D eigenvalue weighted by atomic mass is 9.47. The van der Waals surface area contributed by atoms with Crippen molar-refractivity contribution in [3.8, 4) is 0 Å². The Labute approximate surface area is 131 Å². The fraction of sp³-hybridized carbons (Fsp3) is 0.412. The van der Waals surface area contributed by atoms with Gasteiger partial charge in [-0.15, -0.1) is 0 Å². The summed E-state index contributed by atoms with van der Waals surface area (Å²) < 4.78 is 0. The highest BCUT2D eigenvalue weighted by Gasteiger charge is 2.54. The van der Waals surface area contributed by atoms with Gasteiger partial charge in [0.2, 0.25) is 0 Å². The molecule has 0 radical (unpaired) electrons. The van der Waals surface area contributed by atoms with Gasteiger partial charge in [0.15, 0.2) is 5.11 Å². The van der Waals surface area contributed by atoms with Crippen molar-refractivity contribution in [2.75, 3.05) is 0 Å². The Morgan fingerprint density at radius 3 is 2.71 bits per heavy atom. The zero-order valence-corrected chi connectivity index (χ0v) is 13.3. The number of hydrogen-bond acceptors (Lipinski definition) is 2. The molecule has 21 heavy (non-hydrogen) atoms. The van der Waals surface area contributed by atoms with Gasteiger partial charge in [-0.2, -0.15) is 5.10 Å². The second-order valence-electron chi connectivity index (χ2n) is 6.56. The van der Waals surface area contributed by atoms with Gasteiger partial charge in [-0.1, -0.05) is 44.2 Å². The molecule has 0 aromatic heterocycles. The van der Waals surface area contributed by atoms with Gasteiger partial charge in [-0.25, -0.2) is 0 Å². The highest BCUT2D eigenvalue weighted by atomic mass is 32.1. The van der Waals surface area contributed by atoms with Crippen molar-refractivity contribution in [2.45, 2.75) is 26.7 Å². The second kappa shape index (κ2) is 5.26. The maximum Gasteiger partial charge on any atom is 0.184 e. The molecule has 2 bridgehead atoms. The summed E-state index contributed by atoms with van der Waals surface area (Å²) in [6, 6.07) is 10.4. The van der Waals surface area contributed by atoms with E-state index in [1.807, 2.05) is 6.07 Å². The van der Waals surface area contributed by atoms with Gasteiger partial charge in [0.05, 0.1) is 5.71 Å². The summed E-state index contributed by atoms with van der Waals surface area (Å²) in [6.07, 6.45) is 4.54. The third-order valence-corrected chi connectivity index (χ3v) is 5.11. The summed E-state index contributed by atoms with van der Waals surface area (Å²) in [4.78, 5) is 0. The zero-order chi connectivity index (χ0) is 15.0. The maximum absolute atomic E-state index is 5.53. The van der Waals surface area contributed by atoms with E-state index in [1.54, 1.807) is 0 Å². The Hall–Kier alpha value is -1.68. The first-order valence-electron chi connectivity index (χ1n) is 7.37. The molecule has 0 heterocycles. The monoisotopic (exact) mass is 299 g/mol. The van der Waals surface area contributed by atoms with Gasteiger partial charge < -0.3 is 5.73 Å². The van der Waals surface area contributed by atoms with E-state index in [9.17, 15) is 0 Å². The minimum atomic E-state index is 0.223. The predicted octanol–water partition coefficient (Wildman–Crippen LogP) is 3.33. The summed E-state index contributed by atoms with van der Waals surface area (Å²) in [5.74, 6) is 1.24. The molecule has 3 N–H and O–H groups in total. The summed E-state index contributed by atoms with van der Waals surface area (Å²) in [6.45, 7) is 4.67. The molecule has 3 saturated carbocycles. The summed E-state index contributed by atoms with van der Waals surface area (Å²) in [5.41, 5.74) is 12.3. The molecule has 2 unspecified atom stereocenters. The van der Waals surface area contributed by atoms with E-state index in [0.717, 1.165) is 18.1 Å². The van der Waals surface area contributed by atoms with Crippen LogP contribution in [0.15, 0.2) is 41.0 Å². The molecule has 2 atom stereocenters. The normalized spacial score (nSPS) is 30.0. The van der Waals surface area contributed by atoms with Crippen molar-refractivity contribution in [3.63, 3.8) is 0 Å². The Morgan fingerprint density at radius 1 is 1.38 bits per heavy atom. The first-order chi connectivity index (χ1) is 9.98. The molecule has 4 heteroatoms. The van der Waals surface area contributed by atoms with Gasteiger partial charge in [-0.3, -0.25) is 5.43 Å². The Morgan fingerprint density at radius 2 is 2.10 bits per heavy atom. The van der Waals surface area contributed by atoms with E-state index >= 15 is 0 Å². The Bertz CT molecular complexity index is 616. The van der Waals surface area contributed by atoms with Gasteiger partial charge >= 0.3 is 0 Å². The first kappa shape index (κ1) is 14.3. The van der Waals surface area contributed by atoms with Crippen LogP contribution in [0.25, 0.3) is 6.08 Å². The van der Waals surface area contributed by atoms with Crippen molar-refractivity contribution in [1.29, 1.82) is 0 Å². The number of nitrogens with two attached hydrogens (primary N) is 1. The number of thiocarbonyl (C=S) groups is 1. The highest BCUT2D eigenvalue weighted by molar-refractivity contribution is 7.80. The minimum absolute atomic E-state index is 0.223.